The Labute approximate surface area is 233 Å². The topological polar surface area (TPSA) is 30.0 Å². The van der Waals surface area contributed by atoms with Crippen molar-refractivity contribution < 1.29 is 26.7 Å². The number of likely N-dealkylation sites (N-methyl/N-ethyl adjacent to an activating group) is 1. The largest absolute Gasteiger partial charge is 0.416 e. The predicted octanol–water partition coefficient (Wildman–Crippen LogP) is 6.58. The van der Waals surface area contributed by atoms with Crippen molar-refractivity contribution in [2.75, 3.05) is 46.3 Å². The van der Waals surface area contributed by atoms with Gasteiger partial charge in [0.05, 0.1) is 17.6 Å². The lowest BCUT2D eigenvalue weighted by molar-refractivity contribution is -0.137. The molecule has 0 aromatic heterocycles. The minimum absolute atomic E-state index is 0.0821. The molecule has 4 rings (SSSR count). The van der Waals surface area contributed by atoms with E-state index in [9.17, 15) is 26.7 Å². The summed E-state index contributed by atoms with van der Waals surface area (Å²) in [6, 6.07) is 6.67. The van der Waals surface area contributed by atoms with Crippen molar-refractivity contribution in [3.8, 4) is 0 Å². The molecule has 2 aromatic rings. The van der Waals surface area contributed by atoms with Gasteiger partial charge in [0.25, 0.3) is 0 Å². The predicted molar refractivity (Wildman–Crippen MR) is 145 cm³/mol. The third-order valence-corrected chi connectivity index (χ3v) is 8.64. The highest BCUT2D eigenvalue weighted by atomic mass is 19.4. The second-order valence-corrected chi connectivity index (χ2v) is 11.0. The number of hydrogen-bond donors (Lipinski definition) is 0. The third-order valence-electron chi connectivity index (χ3n) is 8.64. The number of urea groups is 1. The Bertz CT molecular complexity index is 1180. The van der Waals surface area contributed by atoms with Crippen LogP contribution in [0.1, 0.15) is 66.6 Å². The number of alkyl halides is 4. The summed E-state index contributed by atoms with van der Waals surface area (Å²) in [5.41, 5.74) is 0.818. The molecule has 2 aromatic carbocycles. The van der Waals surface area contributed by atoms with Gasteiger partial charge in [-0.2, -0.15) is 13.2 Å². The number of nitrogens with zero attached hydrogens (tertiary/aromatic N) is 4. The zero-order valence-corrected chi connectivity index (χ0v) is 23.6. The van der Waals surface area contributed by atoms with Crippen LogP contribution in [0.15, 0.2) is 36.4 Å². The summed E-state index contributed by atoms with van der Waals surface area (Å²) in [7, 11) is 1.56. The van der Waals surface area contributed by atoms with Crippen LogP contribution in [-0.2, 0) is 12.9 Å². The van der Waals surface area contributed by atoms with E-state index in [2.05, 4.69) is 16.7 Å². The summed E-state index contributed by atoms with van der Waals surface area (Å²) in [4.78, 5) is 22.0. The van der Waals surface area contributed by atoms with Crippen molar-refractivity contribution in [3.63, 3.8) is 0 Å². The minimum Gasteiger partial charge on any atom is -0.321 e. The maximum atomic E-state index is 14.0. The van der Waals surface area contributed by atoms with Gasteiger partial charge in [-0.25, -0.2) is 13.6 Å². The van der Waals surface area contributed by atoms with Crippen molar-refractivity contribution in [1.29, 1.82) is 0 Å². The van der Waals surface area contributed by atoms with Crippen LogP contribution in [0.5, 0.6) is 0 Å². The lowest BCUT2D eigenvalue weighted by Gasteiger charge is -2.47. The average Bonchev–Trinajstić information content (AvgIpc) is 2.95. The van der Waals surface area contributed by atoms with E-state index >= 15 is 0 Å². The monoisotopic (exact) mass is 566 g/mol. The van der Waals surface area contributed by atoms with E-state index < -0.39 is 24.5 Å². The fraction of sp³-hybridized carbons (Fsp3) is 0.567. The van der Waals surface area contributed by atoms with Crippen LogP contribution < -0.4 is 0 Å². The molecular weight excluding hydrogens is 527 g/mol. The molecule has 220 valence electrons. The summed E-state index contributed by atoms with van der Waals surface area (Å²) >= 11 is 0. The number of amides is 2. The van der Waals surface area contributed by atoms with Gasteiger partial charge in [-0.3, -0.25) is 4.90 Å². The van der Waals surface area contributed by atoms with E-state index in [0.29, 0.717) is 13.0 Å². The molecule has 0 radical (unpaired) electrons. The third kappa shape index (κ3) is 6.60. The molecule has 0 spiro atoms. The highest BCUT2D eigenvalue weighted by Gasteiger charge is 2.39. The smallest absolute Gasteiger partial charge is 0.321 e. The van der Waals surface area contributed by atoms with Gasteiger partial charge in [0.2, 0.25) is 0 Å². The number of benzene rings is 2. The van der Waals surface area contributed by atoms with Crippen LogP contribution >= 0.6 is 0 Å². The van der Waals surface area contributed by atoms with Gasteiger partial charge < -0.3 is 14.7 Å². The normalized spacial score (nSPS) is 21.9. The fourth-order valence-electron chi connectivity index (χ4n) is 6.05. The Morgan fingerprint density at radius 3 is 2.38 bits per heavy atom. The van der Waals surface area contributed by atoms with Crippen molar-refractivity contribution in [2.24, 2.45) is 0 Å². The number of piperazine rings is 1. The van der Waals surface area contributed by atoms with Crippen LogP contribution in [0, 0.1) is 12.7 Å². The van der Waals surface area contributed by atoms with Crippen molar-refractivity contribution in [1.82, 2.24) is 19.6 Å². The highest BCUT2D eigenvalue weighted by molar-refractivity contribution is 5.75. The minimum atomic E-state index is -4.63. The molecule has 0 saturated carbocycles. The number of carbonyl (C=O) groups excluding carboxylic acids is 1. The van der Waals surface area contributed by atoms with Crippen molar-refractivity contribution >= 4 is 6.03 Å². The van der Waals surface area contributed by atoms with E-state index in [1.165, 1.54) is 23.1 Å². The first kappa shape index (κ1) is 30.2. The molecule has 2 saturated heterocycles. The van der Waals surface area contributed by atoms with Crippen LogP contribution in [0.2, 0.25) is 0 Å². The molecule has 3 unspecified atom stereocenters. The van der Waals surface area contributed by atoms with E-state index in [4.69, 9.17) is 0 Å². The van der Waals surface area contributed by atoms with Crippen LogP contribution in [0.4, 0.5) is 26.7 Å². The van der Waals surface area contributed by atoms with Gasteiger partial charge in [0.15, 0.2) is 0 Å². The number of carbonyl (C=O) groups is 1. The molecule has 0 N–H and O–H groups in total. The lowest BCUT2D eigenvalue weighted by Crippen LogP contribution is -2.55. The van der Waals surface area contributed by atoms with Crippen LogP contribution in [0.25, 0.3) is 0 Å². The number of rotatable bonds is 6. The summed E-state index contributed by atoms with van der Waals surface area (Å²) < 4.78 is 67.9. The molecule has 0 bridgehead atoms. The summed E-state index contributed by atoms with van der Waals surface area (Å²) in [6.45, 7) is 9.97. The van der Waals surface area contributed by atoms with Gasteiger partial charge in [-0.05, 0) is 79.8 Å². The Balaban J connectivity index is 1.60. The Kier molecular flexibility index (Phi) is 9.40. The second kappa shape index (κ2) is 12.4. The van der Waals surface area contributed by atoms with Gasteiger partial charge in [0.1, 0.15) is 12.5 Å². The van der Waals surface area contributed by atoms with Crippen LogP contribution in [0.3, 0.4) is 0 Å². The number of hydrogen-bond acceptors (Lipinski definition) is 3. The first-order chi connectivity index (χ1) is 18.9. The molecule has 5 nitrogen and oxygen atoms in total. The zero-order valence-electron chi connectivity index (χ0n) is 23.6. The molecule has 2 aliphatic rings. The standard InChI is InChI=1S/C30H39F5N4O/c1-5-37-10-12-38(13-11-37)26-8-9-39(28(18-26)27-7-6-25(32)14-20(27)2)29(40)36(4)21(3)23-15-22(19-31)16-24(17-23)30(33,34)35/h6-7,14-17,21,26,28H,5,8-13,18-19H2,1-4H3. The van der Waals surface area contributed by atoms with Gasteiger partial charge in [0, 0.05) is 45.8 Å². The molecule has 0 aliphatic carbocycles. The molecule has 3 atom stereocenters. The number of likely N-dealkylation sites (tertiary alicyclic amines) is 1. The number of aryl methyl sites for hydroxylation is 1. The van der Waals surface area contributed by atoms with Crippen LogP contribution in [-0.4, -0.2) is 78.0 Å². The molecular formula is C30H39F5N4O. The van der Waals surface area contributed by atoms with E-state index in [1.807, 2.05) is 6.92 Å². The Hall–Kier alpha value is -2.72. The highest BCUT2D eigenvalue weighted by Crippen LogP contribution is 2.38. The zero-order chi connectivity index (χ0) is 29.2. The van der Waals surface area contributed by atoms with E-state index in [1.54, 1.807) is 24.9 Å². The molecule has 40 heavy (non-hydrogen) atoms. The van der Waals surface area contributed by atoms with Gasteiger partial charge in [-0.15, -0.1) is 0 Å². The second-order valence-electron chi connectivity index (χ2n) is 11.0. The van der Waals surface area contributed by atoms with Gasteiger partial charge >= 0.3 is 12.2 Å². The van der Waals surface area contributed by atoms with E-state index in [0.717, 1.165) is 62.4 Å². The SMILES string of the molecule is CCN1CCN(C2CCN(C(=O)N(C)C(C)c3cc(CF)cc(C(F)(F)F)c3)C(c3ccc(F)cc3C)C2)CC1. The summed E-state index contributed by atoms with van der Waals surface area (Å²) in [6.07, 6.45) is -3.17. The fourth-order valence-corrected chi connectivity index (χ4v) is 6.05. The maximum absolute atomic E-state index is 14.0. The van der Waals surface area contributed by atoms with Crippen molar-refractivity contribution in [2.45, 2.75) is 64.6 Å². The summed E-state index contributed by atoms with van der Waals surface area (Å²) in [5.74, 6) is -0.346. The maximum Gasteiger partial charge on any atom is 0.416 e. The average molecular weight is 567 g/mol. The van der Waals surface area contributed by atoms with E-state index in [-0.39, 0.29) is 35.1 Å². The molecule has 2 heterocycles. The molecule has 2 fully saturated rings. The molecule has 2 amide bonds. The summed E-state index contributed by atoms with van der Waals surface area (Å²) in [5, 5.41) is 0. The first-order valence-electron chi connectivity index (χ1n) is 14.0. The van der Waals surface area contributed by atoms with Crippen molar-refractivity contribution in [3.05, 3.63) is 70.0 Å². The quantitative estimate of drug-likeness (QED) is 0.370. The molecule has 10 heteroatoms. The van der Waals surface area contributed by atoms with Gasteiger partial charge in [-0.1, -0.05) is 19.1 Å². The number of piperidine rings is 1. The lowest BCUT2D eigenvalue weighted by atomic mass is 9.88. The molecule has 2 aliphatic heterocycles. The Morgan fingerprint density at radius 2 is 1.77 bits per heavy atom. The number of halogens is 5. The Morgan fingerprint density at radius 1 is 1.07 bits per heavy atom. The first-order valence-corrected chi connectivity index (χ1v) is 14.0.